The second-order valence-electron chi connectivity index (χ2n) is 5.79. The molecule has 8 heteroatoms. The van der Waals surface area contributed by atoms with Gasteiger partial charge >= 0.3 is 6.09 Å². The number of ether oxygens (including phenoxy) is 1. The summed E-state index contributed by atoms with van der Waals surface area (Å²) in [6.45, 7) is 7.63. The number of carbonyl (C=O) groups is 1. The molecule has 0 fully saturated rings. The van der Waals surface area contributed by atoms with Crippen molar-refractivity contribution in [2.24, 2.45) is 0 Å². The van der Waals surface area contributed by atoms with Crippen LogP contribution in [0.4, 0.5) is 9.80 Å². The van der Waals surface area contributed by atoms with Crippen molar-refractivity contribution in [1.82, 2.24) is 4.98 Å². The van der Waals surface area contributed by atoms with Gasteiger partial charge in [0.15, 0.2) is 17.5 Å². The number of nitrogens with zero attached hydrogens (tertiary/aromatic N) is 3. The molecule has 0 atom stereocenters. The molecule has 0 bridgehead atoms. The zero-order chi connectivity index (χ0) is 17.2. The predicted octanol–water partition coefficient (Wildman–Crippen LogP) is 3.86. The summed E-state index contributed by atoms with van der Waals surface area (Å²) in [7, 11) is 0. The van der Waals surface area contributed by atoms with Crippen molar-refractivity contribution in [3.8, 4) is 10.6 Å². The van der Waals surface area contributed by atoms with E-state index in [-0.39, 0.29) is 5.15 Å². The van der Waals surface area contributed by atoms with E-state index in [1.165, 1.54) is 28.6 Å². The van der Waals surface area contributed by atoms with Gasteiger partial charge in [0.1, 0.15) is 15.6 Å². The van der Waals surface area contributed by atoms with Gasteiger partial charge in [-0.15, -0.1) is 0 Å². The van der Waals surface area contributed by atoms with Crippen molar-refractivity contribution in [3.63, 3.8) is 0 Å². The van der Waals surface area contributed by atoms with Crippen LogP contribution in [0.15, 0.2) is 24.5 Å². The lowest BCUT2D eigenvalue weighted by Crippen LogP contribution is -2.36. The lowest BCUT2D eigenvalue weighted by Gasteiger charge is -2.25. The quantitative estimate of drug-likeness (QED) is 0.619. The Hall–Kier alpha value is -1.86. The van der Waals surface area contributed by atoms with Crippen LogP contribution >= 0.6 is 22.9 Å². The van der Waals surface area contributed by atoms with Gasteiger partial charge in [0.25, 0.3) is 0 Å². The molecule has 2 rings (SSSR count). The molecular weight excluding hydrogens is 338 g/mol. The normalized spacial score (nSPS) is 11.3. The Balaban J connectivity index is 2.34. The fourth-order valence-corrected chi connectivity index (χ4v) is 3.19. The van der Waals surface area contributed by atoms with Crippen LogP contribution in [0.25, 0.3) is 10.6 Å². The number of anilines is 1. The molecule has 0 aliphatic heterocycles. The molecule has 1 amide bonds. The second-order valence-corrected chi connectivity index (χ2v) is 7.13. The van der Waals surface area contributed by atoms with Crippen LogP contribution in [-0.4, -0.2) is 23.2 Å². The molecule has 124 valence electrons. The number of carbonyl (C=O) groups excluding carboxylic acids is 1. The summed E-state index contributed by atoms with van der Waals surface area (Å²) in [5.74, 6) is 0. The van der Waals surface area contributed by atoms with Crippen molar-refractivity contribution in [3.05, 3.63) is 34.9 Å². The molecular formula is C15H18ClN3O3S. The van der Waals surface area contributed by atoms with E-state index in [1.54, 1.807) is 32.9 Å². The molecule has 0 unspecified atom stereocenters. The molecule has 2 aromatic rings. The third-order valence-electron chi connectivity index (χ3n) is 2.77. The minimum absolute atomic E-state index is 0.207. The molecule has 6 nitrogen and oxygen atoms in total. The maximum atomic E-state index is 12.3. The molecule has 2 heterocycles. The van der Waals surface area contributed by atoms with Gasteiger partial charge in [0, 0.05) is 12.6 Å². The number of halogens is 1. The summed E-state index contributed by atoms with van der Waals surface area (Å²) in [5, 5.41) is 12.7. The highest BCUT2D eigenvalue weighted by Gasteiger charge is 2.26. The second kappa shape index (κ2) is 6.72. The molecule has 0 aliphatic carbocycles. The highest BCUT2D eigenvalue weighted by molar-refractivity contribution is 7.19. The Morgan fingerprint density at radius 1 is 1.52 bits per heavy atom. The molecule has 0 saturated carbocycles. The van der Waals surface area contributed by atoms with Crippen molar-refractivity contribution in [2.45, 2.75) is 33.3 Å². The smallest absolute Gasteiger partial charge is 0.415 e. The minimum atomic E-state index is -0.599. The van der Waals surface area contributed by atoms with Crippen LogP contribution < -0.4 is 9.63 Å². The van der Waals surface area contributed by atoms with Crippen molar-refractivity contribution < 1.29 is 14.3 Å². The Morgan fingerprint density at radius 2 is 2.22 bits per heavy atom. The van der Waals surface area contributed by atoms with Crippen molar-refractivity contribution in [1.29, 1.82) is 0 Å². The first kappa shape index (κ1) is 17.5. The highest BCUT2D eigenvalue weighted by Crippen LogP contribution is 2.37. The van der Waals surface area contributed by atoms with Gasteiger partial charge in [-0.2, -0.15) is 4.73 Å². The first-order valence-electron chi connectivity index (χ1n) is 7.07. The Bertz CT molecular complexity index is 712. The summed E-state index contributed by atoms with van der Waals surface area (Å²) < 4.78 is 6.08. The summed E-state index contributed by atoms with van der Waals surface area (Å²) >= 11 is 7.43. The van der Waals surface area contributed by atoms with E-state index in [2.05, 4.69) is 4.98 Å². The molecule has 0 radical (unpaired) electrons. The Labute approximate surface area is 143 Å². The van der Waals surface area contributed by atoms with Gasteiger partial charge in [0.05, 0.1) is 5.56 Å². The fourth-order valence-electron chi connectivity index (χ4n) is 1.84. The number of hydrogen-bond donors (Lipinski definition) is 0. The summed E-state index contributed by atoms with van der Waals surface area (Å²) in [5.41, 5.74) is 0.0405. The fraction of sp³-hybridized carbons (Fsp3) is 0.400. The average Bonchev–Trinajstić information content (AvgIpc) is 2.80. The molecule has 0 spiro atoms. The molecule has 0 N–H and O–H groups in total. The monoisotopic (exact) mass is 355 g/mol. The van der Waals surface area contributed by atoms with Crippen LogP contribution in [0.3, 0.4) is 0 Å². The first-order chi connectivity index (χ1) is 10.7. The van der Waals surface area contributed by atoms with Crippen LogP contribution in [0.5, 0.6) is 0 Å². The number of amides is 1. The first-order valence-corrected chi connectivity index (χ1v) is 8.26. The van der Waals surface area contributed by atoms with E-state index < -0.39 is 11.7 Å². The zero-order valence-electron chi connectivity index (χ0n) is 13.4. The van der Waals surface area contributed by atoms with Crippen molar-refractivity contribution in [2.75, 3.05) is 11.4 Å². The number of thiazole rings is 1. The summed E-state index contributed by atoms with van der Waals surface area (Å²) in [4.78, 5) is 18.0. The van der Waals surface area contributed by atoms with E-state index in [0.29, 0.717) is 26.8 Å². The molecule has 23 heavy (non-hydrogen) atoms. The van der Waals surface area contributed by atoms with E-state index in [1.807, 2.05) is 6.92 Å². The molecule has 2 aromatic heterocycles. The van der Waals surface area contributed by atoms with Gasteiger partial charge in [0.2, 0.25) is 0 Å². The minimum Gasteiger partial charge on any atom is -0.619 e. The van der Waals surface area contributed by atoms with Crippen LogP contribution in [0.2, 0.25) is 5.15 Å². The number of rotatable bonds is 3. The van der Waals surface area contributed by atoms with E-state index in [9.17, 15) is 10.0 Å². The SMILES string of the molecule is CCN(C(=O)OC(C)(C)C)c1sc(-c2ccc[n+]([O-])c2)nc1Cl. The zero-order valence-corrected chi connectivity index (χ0v) is 14.9. The average molecular weight is 356 g/mol. The number of aromatic nitrogens is 2. The highest BCUT2D eigenvalue weighted by atomic mass is 35.5. The van der Waals surface area contributed by atoms with E-state index in [0.717, 1.165) is 0 Å². The third-order valence-corrected chi connectivity index (χ3v) is 4.27. The molecule has 0 aromatic carbocycles. The maximum Gasteiger partial charge on any atom is 0.415 e. The van der Waals surface area contributed by atoms with Crippen LogP contribution in [-0.2, 0) is 4.74 Å². The van der Waals surface area contributed by atoms with Crippen molar-refractivity contribution >= 4 is 34.0 Å². The van der Waals surface area contributed by atoms with Gasteiger partial charge in [-0.25, -0.2) is 9.78 Å². The largest absolute Gasteiger partial charge is 0.619 e. The van der Waals surface area contributed by atoms with Crippen LogP contribution in [0, 0.1) is 5.21 Å². The lowest BCUT2D eigenvalue weighted by molar-refractivity contribution is -0.604. The van der Waals surface area contributed by atoms with E-state index in [4.69, 9.17) is 16.3 Å². The maximum absolute atomic E-state index is 12.3. The van der Waals surface area contributed by atoms with Gasteiger partial charge in [-0.05, 0) is 33.8 Å². The number of hydrogen-bond acceptors (Lipinski definition) is 5. The van der Waals surface area contributed by atoms with Crippen LogP contribution in [0.1, 0.15) is 27.7 Å². The van der Waals surface area contributed by atoms with Gasteiger partial charge < -0.3 is 9.94 Å². The topological polar surface area (TPSA) is 69.4 Å². The molecule has 0 aliphatic rings. The Kier molecular flexibility index (Phi) is 5.11. The van der Waals surface area contributed by atoms with E-state index >= 15 is 0 Å². The van der Waals surface area contributed by atoms with Gasteiger partial charge in [-0.1, -0.05) is 22.9 Å². The summed E-state index contributed by atoms with van der Waals surface area (Å²) in [6.07, 6.45) is 2.31. The third kappa shape index (κ3) is 4.33. The number of pyridine rings is 1. The summed E-state index contributed by atoms with van der Waals surface area (Å²) in [6, 6.07) is 3.39. The van der Waals surface area contributed by atoms with Gasteiger partial charge in [-0.3, -0.25) is 4.90 Å². The molecule has 0 saturated heterocycles. The Morgan fingerprint density at radius 3 is 2.78 bits per heavy atom. The predicted molar refractivity (Wildman–Crippen MR) is 90.8 cm³/mol. The standard InChI is InChI=1S/C15H18ClN3O3S/c1-5-19(14(20)22-15(2,3)4)13-11(16)17-12(23-13)10-7-6-8-18(21)9-10/h6-9H,5H2,1-4H3. The lowest BCUT2D eigenvalue weighted by atomic mass is 10.2.